The van der Waals surface area contributed by atoms with Crippen LogP contribution in [0.3, 0.4) is 0 Å². The summed E-state index contributed by atoms with van der Waals surface area (Å²) in [7, 11) is 0. The van der Waals surface area contributed by atoms with E-state index in [0.29, 0.717) is 5.41 Å². The molecule has 0 aromatic carbocycles. The summed E-state index contributed by atoms with van der Waals surface area (Å²) in [6.07, 6.45) is 3.70. The average Bonchev–Trinajstić information content (AvgIpc) is 2.62. The standard InChI is InChI=1S/C11H17NO/c1-8-3-4-10(13-8)9(12)7-11(2)5-6-11/h3-4,9H,5-7,12H2,1-2H3. The summed E-state index contributed by atoms with van der Waals surface area (Å²) in [6.45, 7) is 4.25. The van der Waals surface area contributed by atoms with Crippen LogP contribution < -0.4 is 5.73 Å². The minimum atomic E-state index is 0.0844. The third-order valence-corrected chi connectivity index (χ3v) is 2.94. The first-order valence-corrected chi connectivity index (χ1v) is 4.91. The first-order chi connectivity index (χ1) is 6.09. The zero-order chi connectivity index (χ0) is 9.47. The number of aryl methyl sites for hydroxylation is 1. The summed E-state index contributed by atoms with van der Waals surface area (Å²) in [5, 5.41) is 0. The number of hydrogen-bond donors (Lipinski definition) is 1. The normalized spacial score (nSPS) is 21.5. The van der Waals surface area contributed by atoms with E-state index in [-0.39, 0.29) is 6.04 Å². The quantitative estimate of drug-likeness (QED) is 0.775. The Morgan fingerprint density at radius 3 is 2.69 bits per heavy atom. The van der Waals surface area contributed by atoms with E-state index in [4.69, 9.17) is 10.2 Å². The van der Waals surface area contributed by atoms with E-state index >= 15 is 0 Å². The van der Waals surface area contributed by atoms with Gasteiger partial charge < -0.3 is 10.2 Å². The topological polar surface area (TPSA) is 39.2 Å². The molecular formula is C11H17NO. The lowest BCUT2D eigenvalue weighted by atomic mass is 9.98. The SMILES string of the molecule is Cc1ccc(C(N)CC2(C)CC2)o1. The molecule has 1 atom stereocenters. The molecule has 1 aromatic rings. The van der Waals surface area contributed by atoms with Crippen LogP contribution in [0.2, 0.25) is 0 Å². The summed E-state index contributed by atoms with van der Waals surface area (Å²) in [5.41, 5.74) is 6.54. The van der Waals surface area contributed by atoms with E-state index in [2.05, 4.69) is 6.92 Å². The Bertz CT molecular complexity index is 299. The fourth-order valence-corrected chi connectivity index (χ4v) is 1.70. The van der Waals surface area contributed by atoms with Gasteiger partial charge in [0.1, 0.15) is 11.5 Å². The van der Waals surface area contributed by atoms with Crippen molar-refractivity contribution in [3.8, 4) is 0 Å². The van der Waals surface area contributed by atoms with Crippen LogP contribution in [-0.2, 0) is 0 Å². The summed E-state index contributed by atoms with van der Waals surface area (Å²) >= 11 is 0. The Balaban J connectivity index is 2.00. The molecule has 1 aromatic heterocycles. The molecule has 1 unspecified atom stereocenters. The summed E-state index contributed by atoms with van der Waals surface area (Å²) in [5.74, 6) is 1.89. The van der Waals surface area contributed by atoms with E-state index in [1.807, 2.05) is 19.1 Å². The molecule has 1 aliphatic carbocycles. The summed E-state index contributed by atoms with van der Waals surface area (Å²) in [6, 6.07) is 4.05. The molecule has 1 fully saturated rings. The van der Waals surface area contributed by atoms with Gasteiger partial charge in [0.05, 0.1) is 6.04 Å². The van der Waals surface area contributed by atoms with Gasteiger partial charge in [0, 0.05) is 0 Å². The Morgan fingerprint density at radius 1 is 1.54 bits per heavy atom. The molecule has 1 heterocycles. The van der Waals surface area contributed by atoms with Crippen LogP contribution in [-0.4, -0.2) is 0 Å². The van der Waals surface area contributed by atoms with Crippen LogP contribution in [0.1, 0.15) is 43.7 Å². The fourth-order valence-electron chi connectivity index (χ4n) is 1.70. The minimum Gasteiger partial charge on any atom is -0.465 e. The van der Waals surface area contributed by atoms with E-state index < -0.39 is 0 Å². The highest BCUT2D eigenvalue weighted by Gasteiger charge is 2.39. The van der Waals surface area contributed by atoms with Gasteiger partial charge >= 0.3 is 0 Å². The van der Waals surface area contributed by atoms with Crippen LogP contribution in [0.5, 0.6) is 0 Å². The maximum Gasteiger partial charge on any atom is 0.120 e. The smallest absolute Gasteiger partial charge is 0.120 e. The maximum atomic E-state index is 6.04. The molecule has 2 heteroatoms. The Kier molecular flexibility index (Phi) is 1.95. The van der Waals surface area contributed by atoms with Gasteiger partial charge in [0.2, 0.25) is 0 Å². The van der Waals surface area contributed by atoms with E-state index in [0.717, 1.165) is 17.9 Å². The average molecular weight is 179 g/mol. The van der Waals surface area contributed by atoms with Crippen LogP contribution >= 0.6 is 0 Å². The molecule has 2 nitrogen and oxygen atoms in total. The zero-order valence-electron chi connectivity index (χ0n) is 8.34. The van der Waals surface area contributed by atoms with Gasteiger partial charge in [-0.25, -0.2) is 0 Å². The molecule has 0 radical (unpaired) electrons. The van der Waals surface area contributed by atoms with Crippen LogP contribution in [0.25, 0.3) is 0 Å². The lowest BCUT2D eigenvalue weighted by Crippen LogP contribution is -2.13. The molecule has 0 saturated heterocycles. The largest absolute Gasteiger partial charge is 0.465 e. The first-order valence-electron chi connectivity index (χ1n) is 4.91. The second kappa shape index (κ2) is 2.88. The number of hydrogen-bond acceptors (Lipinski definition) is 2. The van der Waals surface area contributed by atoms with Crippen molar-refractivity contribution in [2.75, 3.05) is 0 Å². The van der Waals surface area contributed by atoms with Crippen molar-refractivity contribution in [1.82, 2.24) is 0 Å². The van der Waals surface area contributed by atoms with Crippen molar-refractivity contribution in [2.45, 2.75) is 39.2 Å². The van der Waals surface area contributed by atoms with Gasteiger partial charge in [0.25, 0.3) is 0 Å². The van der Waals surface area contributed by atoms with Crippen LogP contribution in [0.15, 0.2) is 16.5 Å². The summed E-state index contributed by atoms with van der Waals surface area (Å²) < 4.78 is 5.49. The molecule has 0 bridgehead atoms. The second-order valence-electron chi connectivity index (χ2n) is 4.57. The van der Waals surface area contributed by atoms with Gasteiger partial charge in [-0.1, -0.05) is 6.92 Å². The Morgan fingerprint density at radius 2 is 2.23 bits per heavy atom. The predicted octanol–water partition coefficient (Wildman–Crippen LogP) is 2.78. The molecular weight excluding hydrogens is 162 g/mol. The van der Waals surface area contributed by atoms with Crippen molar-refractivity contribution in [3.05, 3.63) is 23.7 Å². The number of furan rings is 1. The van der Waals surface area contributed by atoms with Crippen molar-refractivity contribution >= 4 is 0 Å². The highest BCUT2D eigenvalue weighted by Crippen LogP contribution is 2.50. The zero-order valence-corrected chi connectivity index (χ0v) is 8.34. The molecule has 2 N–H and O–H groups in total. The Hall–Kier alpha value is -0.760. The second-order valence-corrected chi connectivity index (χ2v) is 4.57. The molecule has 1 aliphatic rings. The van der Waals surface area contributed by atoms with Crippen LogP contribution in [0.4, 0.5) is 0 Å². The van der Waals surface area contributed by atoms with Gasteiger partial charge in [0.15, 0.2) is 0 Å². The molecule has 13 heavy (non-hydrogen) atoms. The predicted molar refractivity (Wildman–Crippen MR) is 52.3 cm³/mol. The first kappa shape index (κ1) is 8.82. The van der Waals surface area contributed by atoms with E-state index in [1.165, 1.54) is 12.8 Å². The third kappa shape index (κ3) is 1.94. The number of nitrogens with two attached hydrogens (primary N) is 1. The van der Waals surface area contributed by atoms with Gasteiger partial charge in [-0.3, -0.25) is 0 Å². The van der Waals surface area contributed by atoms with Crippen molar-refractivity contribution in [2.24, 2.45) is 11.1 Å². The van der Waals surface area contributed by atoms with E-state index in [1.54, 1.807) is 0 Å². The fraction of sp³-hybridized carbons (Fsp3) is 0.636. The lowest BCUT2D eigenvalue weighted by Gasteiger charge is -2.13. The van der Waals surface area contributed by atoms with Gasteiger partial charge in [-0.2, -0.15) is 0 Å². The third-order valence-electron chi connectivity index (χ3n) is 2.94. The molecule has 2 rings (SSSR count). The molecule has 0 spiro atoms. The molecule has 0 amide bonds. The number of rotatable bonds is 3. The lowest BCUT2D eigenvalue weighted by molar-refractivity contribution is 0.383. The Labute approximate surface area is 79.1 Å². The van der Waals surface area contributed by atoms with Crippen LogP contribution in [0, 0.1) is 12.3 Å². The molecule has 0 aliphatic heterocycles. The maximum absolute atomic E-state index is 6.04. The highest BCUT2D eigenvalue weighted by atomic mass is 16.3. The van der Waals surface area contributed by atoms with Crippen molar-refractivity contribution in [3.63, 3.8) is 0 Å². The molecule has 72 valence electrons. The van der Waals surface area contributed by atoms with Gasteiger partial charge in [-0.15, -0.1) is 0 Å². The monoisotopic (exact) mass is 179 g/mol. The van der Waals surface area contributed by atoms with Crippen molar-refractivity contribution in [1.29, 1.82) is 0 Å². The van der Waals surface area contributed by atoms with E-state index in [9.17, 15) is 0 Å². The van der Waals surface area contributed by atoms with Crippen molar-refractivity contribution < 1.29 is 4.42 Å². The van der Waals surface area contributed by atoms with Gasteiger partial charge in [-0.05, 0) is 43.7 Å². The highest BCUT2D eigenvalue weighted by molar-refractivity contribution is 5.10. The summed E-state index contributed by atoms with van der Waals surface area (Å²) in [4.78, 5) is 0. The molecule has 1 saturated carbocycles. The minimum absolute atomic E-state index is 0.0844.